The molecule has 2 aromatic carbocycles. The Morgan fingerprint density at radius 1 is 1.14 bits per heavy atom. The van der Waals surface area contributed by atoms with Crippen LogP contribution in [0.5, 0.6) is 0 Å². The molecule has 0 spiro atoms. The summed E-state index contributed by atoms with van der Waals surface area (Å²) in [6.07, 6.45) is 4.81. The van der Waals surface area contributed by atoms with Gasteiger partial charge in [-0.05, 0) is 41.0 Å². The molecule has 0 N–H and O–H groups in total. The molecule has 3 unspecified atom stereocenters. The number of rotatable bonds is 6. The molecule has 1 saturated carbocycles. The number of ether oxygens (including phenoxy) is 2. The van der Waals surface area contributed by atoms with E-state index in [4.69, 9.17) is 9.47 Å². The van der Waals surface area contributed by atoms with Gasteiger partial charge in [-0.2, -0.15) is 5.10 Å². The summed E-state index contributed by atoms with van der Waals surface area (Å²) < 4.78 is 14.1. The molecule has 1 aromatic heterocycles. The molecule has 0 amide bonds. The van der Waals surface area contributed by atoms with E-state index in [1.165, 1.54) is 16.3 Å². The molecule has 0 saturated heterocycles. The third-order valence-corrected chi connectivity index (χ3v) is 6.28. The van der Waals surface area contributed by atoms with E-state index >= 15 is 0 Å². The van der Waals surface area contributed by atoms with Crippen molar-refractivity contribution in [3.8, 4) is 0 Å². The number of aromatic nitrogens is 3. The second-order valence-corrected chi connectivity index (χ2v) is 8.83. The lowest BCUT2D eigenvalue weighted by molar-refractivity contribution is -0.105. The Morgan fingerprint density at radius 2 is 1.93 bits per heavy atom. The van der Waals surface area contributed by atoms with Gasteiger partial charge in [-0.1, -0.05) is 56.3 Å². The fourth-order valence-electron chi connectivity index (χ4n) is 4.70. The maximum atomic E-state index is 6.43. The lowest BCUT2D eigenvalue weighted by Gasteiger charge is -2.45. The third-order valence-electron chi connectivity index (χ3n) is 6.28. The van der Waals surface area contributed by atoms with Crippen LogP contribution in [0.4, 0.5) is 0 Å². The number of nitrogens with zero attached hydrogens (tertiary/aromatic N) is 3. The standard InChI is InChI=1S/C24H31N3O2/c1-24(2)13-11-20(21(22(24)28-4)23-25-16-27(3)26-23)29-14-12-17-9-10-18-7-5-6-8-19(18)15-17/h5-10,15-16,20-22H,11-14H2,1-4H3. The SMILES string of the molecule is COC1C(c2ncn(C)n2)C(OCCc2ccc3ccccc3c2)CCC1(C)C. The minimum Gasteiger partial charge on any atom is -0.380 e. The van der Waals surface area contributed by atoms with E-state index in [9.17, 15) is 0 Å². The van der Waals surface area contributed by atoms with E-state index in [-0.39, 0.29) is 23.5 Å². The van der Waals surface area contributed by atoms with E-state index in [0.717, 1.165) is 25.1 Å². The van der Waals surface area contributed by atoms with E-state index < -0.39 is 0 Å². The zero-order chi connectivity index (χ0) is 20.4. The van der Waals surface area contributed by atoms with Crippen LogP contribution in [0.1, 0.15) is 44.0 Å². The van der Waals surface area contributed by atoms with Gasteiger partial charge in [0.05, 0.1) is 24.7 Å². The number of hydrogen-bond donors (Lipinski definition) is 0. The maximum absolute atomic E-state index is 6.43. The Labute approximate surface area is 173 Å². The second-order valence-electron chi connectivity index (χ2n) is 8.83. The van der Waals surface area contributed by atoms with Crippen LogP contribution < -0.4 is 0 Å². The number of methoxy groups -OCH3 is 1. The van der Waals surface area contributed by atoms with E-state index in [2.05, 4.69) is 66.4 Å². The van der Waals surface area contributed by atoms with Gasteiger partial charge in [0.1, 0.15) is 6.33 Å². The first-order valence-electron chi connectivity index (χ1n) is 10.5. The fourth-order valence-corrected chi connectivity index (χ4v) is 4.70. The van der Waals surface area contributed by atoms with Gasteiger partial charge < -0.3 is 9.47 Å². The first-order valence-corrected chi connectivity index (χ1v) is 10.5. The van der Waals surface area contributed by atoms with Crippen LogP contribution >= 0.6 is 0 Å². The lowest BCUT2D eigenvalue weighted by atomic mass is 9.68. The zero-order valence-electron chi connectivity index (χ0n) is 17.8. The highest BCUT2D eigenvalue weighted by Gasteiger charge is 2.47. The molecular formula is C24H31N3O2. The maximum Gasteiger partial charge on any atom is 0.158 e. The summed E-state index contributed by atoms with van der Waals surface area (Å²) in [6, 6.07) is 15.1. The van der Waals surface area contributed by atoms with Crippen molar-refractivity contribution in [1.82, 2.24) is 14.8 Å². The van der Waals surface area contributed by atoms with E-state index in [1.807, 2.05) is 7.05 Å². The quantitative estimate of drug-likeness (QED) is 0.618. The van der Waals surface area contributed by atoms with Crippen LogP contribution in [-0.2, 0) is 22.9 Å². The average Bonchev–Trinajstić information content (AvgIpc) is 3.14. The molecule has 1 aliphatic rings. The van der Waals surface area contributed by atoms with Crippen LogP contribution in [-0.4, -0.2) is 40.7 Å². The molecule has 0 aliphatic heterocycles. The van der Waals surface area contributed by atoms with Gasteiger partial charge in [-0.3, -0.25) is 4.68 Å². The number of aryl methyl sites for hydroxylation is 1. The van der Waals surface area contributed by atoms with Crippen molar-refractivity contribution in [2.45, 2.75) is 51.2 Å². The van der Waals surface area contributed by atoms with Gasteiger partial charge in [0.25, 0.3) is 0 Å². The molecule has 0 radical (unpaired) electrons. The Hall–Kier alpha value is -2.24. The Balaban J connectivity index is 1.48. The monoisotopic (exact) mass is 393 g/mol. The Bertz CT molecular complexity index is 965. The van der Waals surface area contributed by atoms with E-state index in [0.29, 0.717) is 6.61 Å². The van der Waals surface area contributed by atoms with Gasteiger partial charge in [0.15, 0.2) is 5.82 Å². The van der Waals surface area contributed by atoms with Crippen molar-refractivity contribution in [1.29, 1.82) is 0 Å². The predicted octanol–water partition coefficient (Wildman–Crippen LogP) is 4.51. The smallest absolute Gasteiger partial charge is 0.158 e. The first-order chi connectivity index (χ1) is 14.0. The van der Waals surface area contributed by atoms with E-state index in [1.54, 1.807) is 18.1 Å². The molecular weight excluding hydrogens is 362 g/mol. The molecule has 1 aliphatic carbocycles. The van der Waals surface area contributed by atoms with Gasteiger partial charge >= 0.3 is 0 Å². The van der Waals surface area contributed by atoms with Crippen LogP contribution in [0, 0.1) is 5.41 Å². The first kappa shape index (κ1) is 20.0. The van der Waals surface area contributed by atoms with Crippen LogP contribution in [0.2, 0.25) is 0 Å². The summed E-state index contributed by atoms with van der Waals surface area (Å²) >= 11 is 0. The normalized spacial score (nSPS) is 24.1. The summed E-state index contributed by atoms with van der Waals surface area (Å²) in [7, 11) is 3.70. The van der Waals surface area contributed by atoms with Gasteiger partial charge in [0.2, 0.25) is 0 Å². The minimum atomic E-state index is 0.0318. The third kappa shape index (κ3) is 4.21. The minimum absolute atomic E-state index is 0.0318. The average molecular weight is 394 g/mol. The summed E-state index contributed by atoms with van der Waals surface area (Å²) in [6.45, 7) is 5.22. The van der Waals surface area contributed by atoms with Crippen LogP contribution in [0.3, 0.4) is 0 Å². The second kappa shape index (κ2) is 8.25. The largest absolute Gasteiger partial charge is 0.380 e. The van der Waals surface area contributed by atoms with Gasteiger partial charge in [0, 0.05) is 14.2 Å². The van der Waals surface area contributed by atoms with Crippen LogP contribution in [0.15, 0.2) is 48.8 Å². The van der Waals surface area contributed by atoms with Crippen molar-refractivity contribution < 1.29 is 9.47 Å². The molecule has 5 heteroatoms. The Morgan fingerprint density at radius 3 is 2.66 bits per heavy atom. The molecule has 1 fully saturated rings. The summed E-state index contributed by atoms with van der Waals surface area (Å²) in [4.78, 5) is 4.55. The molecule has 4 rings (SSSR count). The highest BCUT2D eigenvalue weighted by Crippen LogP contribution is 2.45. The molecule has 154 valence electrons. The highest BCUT2D eigenvalue weighted by molar-refractivity contribution is 5.82. The topological polar surface area (TPSA) is 49.2 Å². The van der Waals surface area contributed by atoms with Gasteiger partial charge in [-0.15, -0.1) is 0 Å². The summed E-state index contributed by atoms with van der Waals surface area (Å²) in [5, 5.41) is 7.15. The molecule has 0 bridgehead atoms. The number of benzene rings is 2. The summed E-state index contributed by atoms with van der Waals surface area (Å²) in [5.41, 5.74) is 1.37. The predicted molar refractivity (Wildman–Crippen MR) is 115 cm³/mol. The zero-order valence-corrected chi connectivity index (χ0v) is 17.8. The highest BCUT2D eigenvalue weighted by atomic mass is 16.5. The van der Waals surface area contributed by atoms with Crippen LogP contribution in [0.25, 0.3) is 10.8 Å². The molecule has 3 atom stereocenters. The number of fused-ring (bicyclic) bond motifs is 1. The summed E-state index contributed by atoms with van der Waals surface area (Å²) in [5.74, 6) is 0.865. The lowest BCUT2D eigenvalue weighted by Crippen LogP contribution is -2.47. The Kier molecular flexibility index (Phi) is 5.70. The van der Waals surface area contributed by atoms with Crippen molar-refractivity contribution in [2.75, 3.05) is 13.7 Å². The molecule has 3 aromatic rings. The molecule has 1 heterocycles. The number of hydrogen-bond acceptors (Lipinski definition) is 4. The van der Waals surface area contributed by atoms with Crippen molar-refractivity contribution in [2.24, 2.45) is 12.5 Å². The molecule has 5 nitrogen and oxygen atoms in total. The van der Waals surface area contributed by atoms with Crippen molar-refractivity contribution in [3.05, 3.63) is 60.2 Å². The molecule has 29 heavy (non-hydrogen) atoms. The van der Waals surface area contributed by atoms with Gasteiger partial charge in [-0.25, -0.2) is 4.98 Å². The van der Waals surface area contributed by atoms with Crippen molar-refractivity contribution in [3.63, 3.8) is 0 Å². The fraction of sp³-hybridized carbons (Fsp3) is 0.500. The van der Waals surface area contributed by atoms with Crippen molar-refractivity contribution >= 4 is 10.8 Å².